The van der Waals surface area contributed by atoms with Gasteiger partial charge in [0.05, 0.1) is 12.2 Å². The fourth-order valence-corrected chi connectivity index (χ4v) is 1.85. The molecular weight excluding hydrogens is 264 g/mol. The van der Waals surface area contributed by atoms with Crippen LogP contribution in [0.2, 0.25) is 5.02 Å². The molecule has 0 aliphatic carbocycles. The maximum atomic E-state index is 12.0. The number of urea groups is 1. The number of halogens is 1. The lowest BCUT2D eigenvalue weighted by atomic mass is 10.3. The number of nitrogens with zero attached hydrogens (tertiary/aromatic N) is 3. The average Bonchev–Trinajstić information content (AvgIpc) is 2.75. The predicted octanol–water partition coefficient (Wildman–Crippen LogP) is 2.74. The van der Waals surface area contributed by atoms with Crippen molar-refractivity contribution in [2.24, 2.45) is 7.05 Å². The van der Waals surface area contributed by atoms with Crippen molar-refractivity contribution in [3.8, 4) is 0 Å². The van der Waals surface area contributed by atoms with Crippen LogP contribution in [0.3, 0.4) is 0 Å². The Morgan fingerprint density at radius 2 is 2.26 bits per heavy atom. The van der Waals surface area contributed by atoms with Crippen LogP contribution in [0.4, 0.5) is 10.5 Å². The summed E-state index contributed by atoms with van der Waals surface area (Å²) in [7, 11) is 3.57. The zero-order chi connectivity index (χ0) is 13.8. The molecule has 2 aromatic rings. The third-order valence-corrected chi connectivity index (χ3v) is 2.98. The Balaban J connectivity index is 1.98. The van der Waals surface area contributed by atoms with Gasteiger partial charge < -0.3 is 10.2 Å². The highest BCUT2D eigenvalue weighted by Gasteiger charge is 2.11. The van der Waals surface area contributed by atoms with Crippen molar-refractivity contribution < 1.29 is 4.79 Å². The summed E-state index contributed by atoms with van der Waals surface area (Å²) in [6, 6.07) is 8.74. The quantitative estimate of drug-likeness (QED) is 0.938. The van der Waals surface area contributed by atoms with Crippen molar-refractivity contribution >= 4 is 23.3 Å². The number of hydrogen-bond acceptors (Lipinski definition) is 2. The molecule has 1 N–H and O–H groups in total. The van der Waals surface area contributed by atoms with Crippen molar-refractivity contribution in [1.82, 2.24) is 14.7 Å². The maximum Gasteiger partial charge on any atom is 0.321 e. The van der Waals surface area contributed by atoms with Gasteiger partial charge in [0.1, 0.15) is 0 Å². The third-order valence-electron chi connectivity index (χ3n) is 2.74. The number of carbonyl (C=O) groups excluding carboxylic acids is 1. The largest absolute Gasteiger partial charge is 0.322 e. The topological polar surface area (TPSA) is 50.2 Å². The molecule has 0 aliphatic rings. The number of aryl methyl sites for hydroxylation is 1. The van der Waals surface area contributed by atoms with E-state index in [0.717, 1.165) is 5.69 Å². The Labute approximate surface area is 116 Å². The van der Waals surface area contributed by atoms with Crippen LogP contribution in [0.5, 0.6) is 0 Å². The molecule has 19 heavy (non-hydrogen) atoms. The standard InChI is InChI=1S/C13H15ClN4O/c1-17(9-12-6-7-15-18(12)2)13(19)16-11-5-3-4-10(14)8-11/h3-8H,9H2,1-2H3,(H,16,19). The van der Waals surface area contributed by atoms with Gasteiger partial charge >= 0.3 is 6.03 Å². The van der Waals surface area contributed by atoms with Crippen LogP contribution in [0, 0.1) is 0 Å². The number of benzene rings is 1. The van der Waals surface area contributed by atoms with E-state index in [1.165, 1.54) is 0 Å². The van der Waals surface area contributed by atoms with Crippen LogP contribution in [-0.4, -0.2) is 27.8 Å². The van der Waals surface area contributed by atoms with Crippen molar-refractivity contribution in [2.45, 2.75) is 6.54 Å². The second-order valence-corrected chi connectivity index (χ2v) is 4.68. The molecule has 100 valence electrons. The Bertz CT molecular complexity index is 582. The normalized spacial score (nSPS) is 10.3. The highest BCUT2D eigenvalue weighted by Crippen LogP contribution is 2.15. The molecule has 0 bridgehead atoms. The second kappa shape index (κ2) is 5.75. The molecule has 6 heteroatoms. The summed E-state index contributed by atoms with van der Waals surface area (Å²) in [6.07, 6.45) is 1.71. The van der Waals surface area contributed by atoms with Crippen LogP contribution in [0.15, 0.2) is 36.5 Å². The van der Waals surface area contributed by atoms with Crippen LogP contribution in [0.25, 0.3) is 0 Å². The van der Waals surface area contributed by atoms with Gasteiger partial charge in [-0.15, -0.1) is 0 Å². The van der Waals surface area contributed by atoms with Crippen LogP contribution in [-0.2, 0) is 13.6 Å². The zero-order valence-corrected chi connectivity index (χ0v) is 11.6. The fourth-order valence-electron chi connectivity index (χ4n) is 1.66. The van der Waals surface area contributed by atoms with E-state index in [9.17, 15) is 4.79 Å². The number of nitrogens with one attached hydrogen (secondary N) is 1. The number of amides is 2. The molecule has 0 saturated carbocycles. The van der Waals surface area contributed by atoms with Crippen LogP contribution < -0.4 is 5.32 Å². The van der Waals surface area contributed by atoms with Crippen molar-refractivity contribution in [1.29, 1.82) is 0 Å². The molecule has 5 nitrogen and oxygen atoms in total. The maximum absolute atomic E-state index is 12.0. The molecule has 0 spiro atoms. The molecule has 2 amide bonds. The molecule has 0 unspecified atom stereocenters. The fraction of sp³-hybridized carbons (Fsp3) is 0.231. The van der Waals surface area contributed by atoms with E-state index in [2.05, 4.69) is 10.4 Å². The molecule has 1 heterocycles. The highest BCUT2D eigenvalue weighted by atomic mass is 35.5. The van der Waals surface area contributed by atoms with Gasteiger partial charge in [-0.25, -0.2) is 4.79 Å². The zero-order valence-electron chi connectivity index (χ0n) is 10.8. The number of hydrogen-bond donors (Lipinski definition) is 1. The Kier molecular flexibility index (Phi) is 4.06. The minimum absolute atomic E-state index is 0.191. The minimum Gasteiger partial charge on any atom is -0.322 e. The third kappa shape index (κ3) is 3.48. The van der Waals surface area contributed by atoms with Gasteiger partial charge in [-0.1, -0.05) is 17.7 Å². The smallest absolute Gasteiger partial charge is 0.321 e. The Morgan fingerprint density at radius 1 is 1.47 bits per heavy atom. The van der Waals surface area contributed by atoms with E-state index in [4.69, 9.17) is 11.6 Å². The summed E-state index contributed by atoms with van der Waals surface area (Å²) < 4.78 is 1.74. The van der Waals surface area contributed by atoms with Crippen LogP contribution in [0.1, 0.15) is 5.69 Å². The SMILES string of the molecule is CN(Cc1ccnn1C)C(=O)Nc1cccc(Cl)c1. The molecular formula is C13H15ClN4O. The second-order valence-electron chi connectivity index (χ2n) is 4.24. The van der Waals surface area contributed by atoms with Crippen molar-refractivity contribution in [3.05, 3.63) is 47.2 Å². The molecule has 0 atom stereocenters. The molecule has 0 radical (unpaired) electrons. The summed E-state index contributed by atoms with van der Waals surface area (Å²) in [5.41, 5.74) is 1.64. The first kappa shape index (κ1) is 13.4. The summed E-state index contributed by atoms with van der Waals surface area (Å²) in [5, 5.41) is 7.44. The summed E-state index contributed by atoms with van der Waals surface area (Å²) >= 11 is 5.87. The van der Waals surface area contributed by atoms with Gasteiger partial charge in [0.2, 0.25) is 0 Å². The lowest BCUT2D eigenvalue weighted by Gasteiger charge is -2.18. The average molecular weight is 279 g/mol. The number of anilines is 1. The first-order valence-electron chi connectivity index (χ1n) is 5.81. The summed E-state index contributed by atoms with van der Waals surface area (Å²) in [5.74, 6) is 0. The highest BCUT2D eigenvalue weighted by molar-refractivity contribution is 6.30. The van der Waals surface area contributed by atoms with Crippen molar-refractivity contribution in [2.75, 3.05) is 12.4 Å². The lowest BCUT2D eigenvalue weighted by molar-refractivity contribution is 0.219. The lowest BCUT2D eigenvalue weighted by Crippen LogP contribution is -2.31. The minimum atomic E-state index is -0.191. The van der Waals surface area contributed by atoms with E-state index in [1.54, 1.807) is 47.1 Å². The van der Waals surface area contributed by atoms with Crippen LogP contribution >= 0.6 is 11.6 Å². The monoisotopic (exact) mass is 278 g/mol. The predicted molar refractivity (Wildman–Crippen MR) is 75.1 cm³/mol. The Hall–Kier alpha value is -2.01. The van der Waals surface area contributed by atoms with Gasteiger partial charge in [0.15, 0.2) is 0 Å². The molecule has 1 aromatic carbocycles. The summed E-state index contributed by atoms with van der Waals surface area (Å²) in [6.45, 7) is 0.489. The van der Waals surface area contributed by atoms with Gasteiger partial charge in [-0.05, 0) is 24.3 Å². The molecule has 0 saturated heterocycles. The van der Waals surface area contributed by atoms with E-state index in [1.807, 2.05) is 13.1 Å². The van der Waals surface area contributed by atoms with E-state index in [-0.39, 0.29) is 6.03 Å². The molecule has 0 fully saturated rings. The van der Waals surface area contributed by atoms with Gasteiger partial charge in [0.25, 0.3) is 0 Å². The molecule has 1 aromatic heterocycles. The van der Waals surface area contributed by atoms with Gasteiger partial charge in [-0.2, -0.15) is 5.10 Å². The van der Waals surface area contributed by atoms with Gasteiger partial charge in [0, 0.05) is 31.0 Å². The molecule has 0 aliphatic heterocycles. The number of rotatable bonds is 3. The van der Waals surface area contributed by atoms with E-state index < -0.39 is 0 Å². The first-order valence-corrected chi connectivity index (χ1v) is 6.18. The number of aromatic nitrogens is 2. The van der Waals surface area contributed by atoms with E-state index >= 15 is 0 Å². The van der Waals surface area contributed by atoms with E-state index in [0.29, 0.717) is 17.3 Å². The summed E-state index contributed by atoms with van der Waals surface area (Å²) in [4.78, 5) is 13.6. The van der Waals surface area contributed by atoms with Gasteiger partial charge in [-0.3, -0.25) is 4.68 Å². The Morgan fingerprint density at radius 3 is 2.89 bits per heavy atom. The number of carbonyl (C=O) groups is 1. The van der Waals surface area contributed by atoms with Crippen molar-refractivity contribution in [3.63, 3.8) is 0 Å². The molecule has 2 rings (SSSR count). The first-order chi connectivity index (χ1) is 9.06.